The molecule has 0 unspecified atom stereocenters. The lowest BCUT2D eigenvalue weighted by molar-refractivity contribution is -0.119. The van der Waals surface area contributed by atoms with Gasteiger partial charge in [-0.1, -0.05) is 34.5 Å². The van der Waals surface area contributed by atoms with Crippen molar-refractivity contribution in [2.75, 3.05) is 0 Å². The van der Waals surface area contributed by atoms with Crippen LogP contribution < -0.4 is 5.73 Å². The minimum absolute atomic E-state index is 0.110. The quantitative estimate of drug-likeness (QED) is 0.873. The molecule has 1 heterocycles. The minimum atomic E-state index is 0.110. The molecule has 0 fully saturated rings. The minimum Gasteiger partial charge on any atom is -0.325 e. The summed E-state index contributed by atoms with van der Waals surface area (Å²) < 4.78 is 1.53. The molecule has 0 spiro atoms. The number of carbonyl (C=O) groups is 1. The van der Waals surface area contributed by atoms with Crippen LogP contribution in [0.4, 0.5) is 0 Å². The average molecular weight is 258 g/mol. The first-order valence-electron chi connectivity index (χ1n) is 6.25. The van der Waals surface area contributed by atoms with Gasteiger partial charge in [0.15, 0.2) is 5.78 Å². The highest BCUT2D eigenvalue weighted by atomic mass is 16.1. The van der Waals surface area contributed by atoms with Gasteiger partial charge >= 0.3 is 0 Å². The van der Waals surface area contributed by atoms with Crippen molar-refractivity contribution in [1.29, 1.82) is 0 Å². The van der Waals surface area contributed by atoms with E-state index in [1.54, 1.807) is 6.20 Å². The van der Waals surface area contributed by atoms with Crippen LogP contribution in [-0.2, 0) is 24.3 Å². The van der Waals surface area contributed by atoms with Crippen molar-refractivity contribution in [3.05, 3.63) is 46.8 Å². The Hall–Kier alpha value is -2.01. The first kappa shape index (κ1) is 13.4. The monoisotopic (exact) mass is 258 g/mol. The molecule has 2 aromatic rings. The van der Waals surface area contributed by atoms with Crippen molar-refractivity contribution in [3.8, 4) is 0 Å². The number of hydrogen-bond donors (Lipinski definition) is 1. The molecule has 0 aliphatic rings. The lowest BCUT2D eigenvalue weighted by Crippen LogP contribution is -2.13. The number of nitrogens with two attached hydrogens (primary N) is 1. The molecule has 100 valence electrons. The van der Waals surface area contributed by atoms with Crippen molar-refractivity contribution < 1.29 is 4.79 Å². The molecule has 1 aromatic carbocycles. The van der Waals surface area contributed by atoms with Gasteiger partial charge in [0, 0.05) is 13.0 Å². The predicted octanol–water partition coefficient (Wildman–Crippen LogP) is 1.17. The fraction of sp³-hybridized carbons (Fsp3) is 0.357. The molecular formula is C14H18N4O. The highest BCUT2D eigenvalue weighted by Crippen LogP contribution is 2.10. The molecule has 0 radical (unpaired) electrons. The van der Waals surface area contributed by atoms with Gasteiger partial charge in [0.05, 0.1) is 11.9 Å². The number of rotatable bonds is 5. The van der Waals surface area contributed by atoms with Crippen LogP contribution in [0, 0.1) is 13.8 Å². The van der Waals surface area contributed by atoms with E-state index in [2.05, 4.69) is 16.4 Å². The summed E-state index contributed by atoms with van der Waals surface area (Å²) >= 11 is 0. The standard InChI is InChI=1S/C14H18N4O/c1-10-3-11(2)5-12(4-10)6-14(19)9-18-8-13(7-15)16-17-18/h3-5,8H,6-7,9,15H2,1-2H3. The Bertz CT molecular complexity index is 569. The number of hydrogen-bond acceptors (Lipinski definition) is 4. The van der Waals surface area contributed by atoms with E-state index in [9.17, 15) is 4.79 Å². The van der Waals surface area contributed by atoms with Gasteiger partial charge < -0.3 is 5.73 Å². The zero-order valence-corrected chi connectivity index (χ0v) is 11.3. The van der Waals surface area contributed by atoms with Crippen LogP contribution in [0.15, 0.2) is 24.4 Å². The zero-order chi connectivity index (χ0) is 13.8. The normalized spacial score (nSPS) is 10.7. The van der Waals surface area contributed by atoms with E-state index >= 15 is 0 Å². The van der Waals surface area contributed by atoms with E-state index in [-0.39, 0.29) is 12.3 Å². The molecule has 0 aliphatic heterocycles. The second-order valence-electron chi connectivity index (χ2n) is 4.82. The number of aryl methyl sites for hydroxylation is 2. The summed E-state index contributed by atoms with van der Waals surface area (Å²) in [5, 5.41) is 7.73. The Labute approximate surface area is 112 Å². The number of aromatic nitrogens is 3. The summed E-state index contributed by atoms with van der Waals surface area (Å²) in [5.74, 6) is 0.110. The van der Waals surface area contributed by atoms with Crippen molar-refractivity contribution >= 4 is 5.78 Å². The molecule has 2 N–H and O–H groups in total. The van der Waals surface area contributed by atoms with Crippen LogP contribution in [-0.4, -0.2) is 20.8 Å². The largest absolute Gasteiger partial charge is 0.325 e. The van der Waals surface area contributed by atoms with Crippen molar-refractivity contribution in [2.24, 2.45) is 5.73 Å². The van der Waals surface area contributed by atoms with Gasteiger partial charge in [-0.25, -0.2) is 4.68 Å². The predicted molar refractivity (Wildman–Crippen MR) is 72.5 cm³/mol. The second-order valence-corrected chi connectivity index (χ2v) is 4.82. The zero-order valence-electron chi connectivity index (χ0n) is 11.3. The maximum Gasteiger partial charge on any atom is 0.158 e. The maximum atomic E-state index is 12.0. The molecule has 0 aliphatic carbocycles. The third-order valence-electron chi connectivity index (χ3n) is 2.82. The van der Waals surface area contributed by atoms with Gasteiger partial charge in [-0.2, -0.15) is 0 Å². The third-order valence-corrected chi connectivity index (χ3v) is 2.82. The Morgan fingerprint density at radius 1 is 1.26 bits per heavy atom. The van der Waals surface area contributed by atoms with E-state index in [1.807, 2.05) is 26.0 Å². The smallest absolute Gasteiger partial charge is 0.158 e. The van der Waals surface area contributed by atoms with E-state index in [1.165, 1.54) is 15.8 Å². The molecule has 2 rings (SSSR count). The fourth-order valence-electron chi connectivity index (χ4n) is 2.14. The molecule has 0 saturated carbocycles. The van der Waals surface area contributed by atoms with Crippen LogP contribution in [0.25, 0.3) is 0 Å². The lowest BCUT2D eigenvalue weighted by atomic mass is 10.0. The number of Topliss-reactive ketones (excluding diaryl/α,β-unsaturated/α-hetero) is 1. The van der Waals surface area contributed by atoms with Crippen LogP contribution in [0.1, 0.15) is 22.4 Å². The van der Waals surface area contributed by atoms with Crippen LogP contribution >= 0.6 is 0 Å². The molecule has 19 heavy (non-hydrogen) atoms. The van der Waals surface area contributed by atoms with E-state index in [4.69, 9.17) is 5.73 Å². The molecular weight excluding hydrogens is 240 g/mol. The van der Waals surface area contributed by atoms with Crippen LogP contribution in [0.3, 0.4) is 0 Å². The molecule has 0 bridgehead atoms. The lowest BCUT2D eigenvalue weighted by Gasteiger charge is -2.04. The molecule has 0 atom stereocenters. The first-order valence-corrected chi connectivity index (χ1v) is 6.25. The number of ketones is 1. The van der Waals surface area contributed by atoms with Crippen molar-refractivity contribution in [3.63, 3.8) is 0 Å². The molecule has 5 heteroatoms. The first-order chi connectivity index (χ1) is 9.06. The third kappa shape index (κ3) is 3.72. The molecule has 1 aromatic heterocycles. The number of carbonyl (C=O) groups excluding carboxylic acids is 1. The molecule has 5 nitrogen and oxygen atoms in total. The Morgan fingerprint density at radius 3 is 2.53 bits per heavy atom. The number of benzene rings is 1. The van der Waals surface area contributed by atoms with E-state index in [0.29, 0.717) is 18.7 Å². The Balaban J connectivity index is 2.00. The summed E-state index contributed by atoms with van der Waals surface area (Å²) in [6.45, 7) is 4.64. The number of nitrogens with zero attached hydrogens (tertiary/aromatic N) is 3. The van der Waals surface area contributed by atoms with Crippen molar-refractivity contribution in [2.45, 2.75) is 33.4 Å². The molecule has 0 amide bonds. The second kappa shape index (κ2) is 5.75. The highest BCUT2D eigenvalue weighted by molar-refractivity contribution is 5.80. The fourth-order valence-corrected chi connectivity index (χ4v) is 2.14. The van der Waals surface area contributed by atoms with Gasteiger partial charge in [-0.05, 0) is 19.4 Å². The van der Waals surface area contributed by atoms with Gasteiger partial charge in [-0.15, -0.1) is 5.10 Å². The van der Waals surface area contributed by atoms with E-state index in [0.717, 1.165) is 5.56 Å². The van der Waals surface area contributed by atoms with Crippen molar-refractivity contribution in [1.82, 2.24) is 15.0 Å². The average Bonchev–Trinajstić information content (AvgIpc) is 2.74. The Kier molecular flexibility index (Phi) is 4.06. The SMILES string of the molecule is Cc1cc(C)cc(CC(=O)Cn2cc(CN)nn2)c1. The summed E-state index contributed by atoms with van der Waals surface area (Å²) in [5.41, 5.74) is 9.54. The van der Waals surface area contributed by atoms with Gasteiger partial charge in [0.25, 0.3) is 0 Å². The van der Waals surface area contributed by atoms with Crippen LogP contribution in [0.5, 0.6) is 0 Å². The summed E-state index contributed by atoms with van der Waals surface area (Å²) in [4.78, 5) is 12.0. The molecule has 0 saturated heterocycles. The maximum absolute atomic E-state index is 12.0. The summed E-state index contributed by atoms with van der Waals surface area (Å²) in [7, 11) is 0. The van der Waals surface area contributed by atoms with Gasteiger partial charge in [-0.3, -0.25) is 4.79 Å². The topological polar surface area (TPSA) is 73.8 Å². The highest BCUT2D eigenvalue weighted by Gasteiger charge is 2.07. The van der Waals surface area contributed by atoms with E-state index < -0.39 is 0 Å². The summed E-state index contributed by atoms with van der Waals surface area (Å²) in [6, 6.07) is 6.17. The Morgan fingerprint density at radius 2 is 1.95 bits per heavy atom. The van der Waals surface area contributed by atoms with Crippen LogP contribution in [0.2, 0.25) is 0 Å². The van der Waals surface area contributed by atoms with Gasteiger partial charge in [0.2, 0.25) is 0 Å². The van der Waals surface area contributed by atoms with Gasteiger partial charge in [0.1, 0.15) is 6.54 Å². The summed E-state index contributed by atoms with van der Waals surface area (Å²) in [6.07, 6.45) is 2.12.